The van der Waals surface area contributed by atoms with Crippen molar-refractivity contribution in [3.63, 3.8) is 0 Å². The average molecular weight is 224 g/mol. The molecule has 3 heteroatoms. The Morgan fingerprint density at radius 1 is 1.27 bits per heavy atom. The molecule has 80 valence electrons. The van der Waals surface area contributed by atoms with Crippen molar-refractivity contribution in [2.45, 2.75) is 31.2 Å². The van der Waals surface area contributed by atoms with Crippen molar-refractivity contribution in [2.75, 3.05) is 11.9 Å². The van der Waals surface area contributed by atoms with Crippen LogP contribution in [0.3, 0.4) is 0 Å². The van der Waals surface area contributed by atoms with E-state index in [0.29, 0.717) is 0 Å². The molecule has 1 aromatic rings. The lowest BCUT2D eigenvalue weighted by atomic mass is 9.96. The molecule has 0 saturated heterocycles. The summed E-state index contributed by atoms with van der Waals surface area (Å²) in [5.41, 5.74) is 1.23. The summed E-state index contributed by atoms with van der Waals surface area (Å²) in [5, 5.41) is 4.37. The van der Waals surface area contributed by atoms with Crippen molar-refractivity contribution in [3.05, 3.63) is 23.2 Å². The van der Waals surface area contributed by atoms with Gasteiger partial charge in [0.1, 0.15) is 12.4 Å². The van der Waals surface area contributed by atoms with Crippen molar-refractivity contribution in [3.8, 4) is 5.75 Å². The summed E-state index contributed by atoms with van der Waals surface area (Å²) >= 11 is 5.98. The molecule has 1 spiro atoms. The van der Waals surface area contributed by atoms with Crippen LogP contribution in [0.4, 0.5) is 5.69 Å². The Morgan fingerprint density at radius 2 is 2.07 bits per heavy atom. The second-order valence-electron chi connectivity index (χ2n) is 4.54. The Balaban J connectivity index is 1.94. The quantitative estimate of drug-likeness (QED) is 0.728. The third-order valence-corrected chi connectivity index (χ3v) is 3.64. The summed E-state index contributed by atoms with van der Waals surface area (Å²) in [6, 6.07) is 5.76. The largest absolute Gasteiger partial charge is 0.489 e. The lowest BCUT2D eigenvalue weighted by Gasteiger charge is -2.36. The standard InChI is InChI=1S/C12H14ClNO/c13-9-3-4-11-10(7-9)14-12(8-15-11)5-1-2-6-12/h3-4,7,14H,1-2,5-6,8H2. The molecular weight excluding hydrogens is 210 g/mol. The number of fused-ring (bicyclic) bond motifs is 1. The Bertz CT molecular complexity index is 385. The van der Waals surface area contributed by atoms with E-state index >= 15 is 0 Å². The van der Waals surface area contributed by atoms with Crippen LogP contribution in [0, 0.1) is 0 Å². The molecule has 2 aliphatic rings. The summed E-state index contributed by atoms with van der Waals surface area (Å²) in [5.74, 6) is 0.928. The predicted molar refractivity (Wildman–Crippen MR) is 61.8 cm³/mol. The van der Waals surface area contributed by atoms with Crippen LogP contribution in [-0.2, 0) is 0 Å². The number of nitrogens with one attached hydrogen (secondary N) is 1. The SMILES string of the molecule is Clc1ccc2c(c1)NC1(CCCC1)CO2. The molecule has 15 heavy (non-hydrogen) atoms. The first kappa shape index (κ1) is 9.34. The Labute approximate surface area is 94.6 Å². The van der Waals surface area contributed by atoms with Crippen LogP contribution in [0.15, 0.2) is 18.2 Å². The lowest BCUT2D eigenvalue weighted by molar-refractivity contribution is 0.221. The Kier molecular flexibility index (Phi) is 2.06. The van der Waals surface area contributed by atoms with Crippen molar-refractivity contribution in [2.24, 2.45) is 0 Å². The van der Waals surface area contributed by atoms with Gasteiger partial charge in [-0.15, -0.1) is 0 Å². The Hall–Kier alpha value is -0.890. The van der Waals surface area contributed by atoms with E-state index < -0.39 is 0 Å². The molecule has 1 heterocycles. The van der Waals surface area contributed by atoms with E-state index in [4.69, 9.17) is 16.3 Å². The monoisotopic (exact) mass is 223 g/mol. The molecule has 1 N–H and O–H groups in total. The van der Waals surface area contributed by atoms with Crippen molar-refractivity contribution >= 4 is 17.3 Å². The highest BCUT2D eigenvalue weighted by Gasteiger charge is 2.37. The molecule has 0 amide bonds. The normalized spacial score (nSPS) is 21.9. The molecule has 0 atom stereocenters. The Morgan fingerprint density at radius 3 is 2.87 bits per heavy atom. The van der Waals surface area contributed by atoms with Crippen molar-refractivity contribution in [1.82, 2.24) is 0 Å². The summed E-state index contributed by atoms with van der Waals surface area (Å²) in [6.45, 7) is 0.793. The topological polar surface area (TPSA) is 21.3 Å². The zero-order chi connectivity index (χ0) is 10.3. The highest BCUT2D eigenvalue weighted by atomic mass is 35.5. The van der Waals surface area contributed by atoms with Gasteiger partial charge in [0.25, 0.3) is 0 Å². The molecule has 1 fully saturated rings. The predicted octanol–water partition coefficient (Wildman–Crippen LogP) is 3.46. The van der Waals surface area contributed by atoms with Gasteiger partial charge >= 0.3 is 0 Å². The van der Waals surface area contributed by atoms with Crippen LogP contribution in [0.5, 0.6) is 5.75 Å². The van der Waals surface area contributed by atoms with Gasteiger partial charge in [-0.1, -0.05) is 24.4 Å². The summed E-state index contributed by atoms with van der Waals surface area (Å²) in [7, 11) is 0. The first-order valence-electron chi connectivity index (χ1n) is 5.48. The van der Waals surface area contributed by atoms with Crippen LogP contribution in [-0.4, -0.2) is 12.1 Å². The van der Waals surface area contributed by atoms with Gasteiger partial charge in [0.15, 0.2) is 0 Å². The second-order valence-corrected chi connectivity index (χ2v) is 4.98. The van der Waals surface area contributed by atoms with Crippen LogP contribution < -0.4 is 10.1 Å². The molecule has 0 radical (unpaired) electrons. The molecule has 2 nitrogen and oxygen atoms in total. The van der Waals surface area contributed by atoms with Crippen LogP contribution in [0.25, 0.3) is 0 Å². The zero-order valence-electron chi connectivity index (χ0n) is 8.55. The van der Waals surface area contributed by atoms with Crippen LogP contribution in [0.1, 0.15) is 25.7 Å². The number of benzene rings is 1. The van der Waals surface area contributed by atoms with Crippen molar-refractivity contribution in [1.29, 1.82) is 0 Å². The second kappa shape index (κ2) is 3.31. The molecule has 1 aliphatic heterocycles. The molecular formula is C12H14ClNO. The van der Waals surface area contributed by atoms with E-state index in [9.17, 15) is 0 Å². The molecule has 1 aliphatic carbocycles. The number of ether oxygens (including phenoxy) is 1. The van der Waals surface area contributed by atoms with E-state index in [0.717, 1.165) is 23.1 Å². The average Bonchev–Trinajstić information content (AvgIpc) is 2.66. The molecule has 0 bridgehead atoms. The molecule has 1 saturated carbocycles. The number of anilines is 1. The van der Waals surface area contributed by atoms with Crippen LogP contribution >= 0.6 is 11.6 Å². The number of hydrogen-bond donors (Lipinski definition) is 1. The van der Waals surface area contributed by atoms with E-state index in [1.807, 2.05) is 18.2 Å². The fourth-order valence-electron chi connectivity index (χ4n) is 2.58. The van der Waals surface area contributed by atoms with E-state index in [2.05, 4.69) is 5.32 Å². The summed E-state index contributed by atoms with van der Waals surface area (Å²) < 4.78 is 5.80. The minimum absolute atomic E-state index is 0.178. The highest BCUT2D eigenvalue weighted by molar-refractivity contribution is 6.30. The molecule has 0 unspecified atom stereocenters. The minimum atomic E-state index is 0.178. The van der Waals surface area contributed by atoms with Gasteiger partial charge in [-0.3, -0.25) is 0 Å². The van der Waals surface area contributed by atoms with E-state index in [1.54, 1.807) is 0 Å². The number of hydrogen-bond acceptors (Lipinski definition) is 2. The lowest BCUT2D eigenvalue weighted by Crippen LogP contribution is -2.44. The van der Waals surface area contributed by atoms with E-state index in [-0.39, 0.29) is 5.54 Å². The first-order valence-corrected chi connectivity index (χ1v) is 5.86. The summed E-state index contributed by atoms with van der Waals surface area (Å²) in [4.78, 5) is 0. The van der Waals surface area contributed by atoms with Gasteiger partial charge in [0.05, 0.1) is 11.2 Å². The van der Waals surface area contributed by atoms with Gasteiger partial charge in [-0.05, 0) is 31.0 Å². The fraction of sp³-hybridized carbons (Fsp3) is 0.500. The molecule has 1 aromatic carbocycles. The van der Waals surface area contributed by atoms with Gasteiger partial charge in [0.2, 0.25) is 0 Å². The maximum absolute atomic E-state index is 5.98. The first-order chi connectivity index (χ1) is 7.27. The van der Waals surface area contributed by atoms with Gasteiger partial charge in [-0.2, -0.15) is 0 Å². The zero-order valence-corrected chi connectivity index (χ0v) is 9.31. The van der Waals surface area contributed by atoms with Gasteiger partial charge < -0.3 is 10.1 Å². The van der Waals surface area contributed by atoms with Crippen LogP contribution in [0.2, 0.25) is 5.02 Å². The molecule has 0 aromatic heterocycles. The number of rotatable bonds is 0. The maximum atomic E-state index is 5.98. The smallest absolute Gasteiger partial charge is 0.142 e. The van der Waals surface area contributed by atoms with Gasteiger partial charge in [0, 0.05) is 5.02 Å². The number of halogens is 1. The highest BCUT2D eigenvalue weighted by Crippen LogP contribution is 2.41. The summed E-state index contributed by atoms with van der Waals surface area (Å²) in [6.07, 6.45) is 5.01. The van der Waals surface area contributed by atoms with Crippen molar-refractivity contribution < 1.29 is 4.74 Å². The molecule has 3 rings (SSSR count). The fourth-order valence-corrected chi connectivity index (χ4v) is 2.76. The third-order valence-electron chi connectivity index (χ3n) is 3.41. The third kappa shape index (κ3) is 1.57. The van der Waals surface area contributed by atoms with E-state index in [1.165, 1.54) is 25.7 Å². The van der Waals surface area contributed by atoms with Gasteiger partial charge in [-0.25, -0.2) is 0 Å². The maximum Gasteiger partial charge on any atom is 0.142 e. The minimum Gasteiger partial charge on any atom is -0.489 e.